The number of nitrogens with zero attached hydrogens (tertiary/aromatic N) is 3. The van der Waals surface area contributed by atoms with Gasteiger partial charge in [-0.2, -0.15) is 16.3 Å². The molecule has 0 amide bonds. The number of hydrogen-bond acceptors (Lipinski definition) is 8. The normalized spacial score (nSPS) is 10.8. The molecule has 0 aliphatic carbocycles. The van der Waals surface area contributed by atoms with Gasteiger partial charge in [0, 0.05) is 22.9 Å². The van der Waals surface area contributed by atoms with Crippen molar-refractivity contribution in [3.05, 3.63) is 65.1 Å². The summed E-state index contributed by atoms with van der Waals surface area (Å²) in [6.45, 7) is -0.0182. The number of thiophene rings is 1. The lowest BCUT2D eigenvalue weighted by atomic mass is 10.2. The highest BCUT2D eigenvalue weighted by molar-refractivity contribution is 7.08. The van der Waals surface area contributed by atoms with Crippen molar-refractivity contribution in [2.45, 2.75) is 19.4 Å². The Bertz CT molecular complexity index is 1010. The van der Waals surface area contributed by atoms with Crippen molar-refractivity contribution >= 4 is 17.3 Å². The SMILES string of the molecule is O=C(CCc1nc(-c2ccsc2)no1)OCc1ncc(-c2ccccc2)o1. The third-order valence-corrected chi connectivity index (χ3v) is 4.44. The highest BCUT2D eigenvalue weighted by Gasteiger charge is 2.13. The van der Waals surface area contributed by atoms with Gasteiger partial charge >= 0.3 is 5.97 Å². The summed E-state index contributed by atoms with van der Waals surface area (Å²) in [5, 5.41) is 7.78. The van der Waals surface area contributed by atoms with Crippen molar-refractivity contribution in [2.75, 3.05) is 0 Å². The number of hydrogen-bond donors (Lipinski definition) is 0. The number of oxazole rings is 1. The van der Waals surface area contributed by atoms with E-state index in [1.165, 1.54) is 0 Å². The first kappa shape index (κ1) is 17.2. The zero-order valence-electron chi connectivity index (χ0n) is 14.2. The van der Waals surface area contributed by atoms with Gasteiger partial charge in [-0.3, -0.25) is 4.79 Å². The van der Waals surface area contributed by atoms with Gasteiger partial charge in [0.2, 0.25) is 17.6 Å². The third kappa shape index (κ3) is 4.29. The Kier molecular flexibility index (Phi) is 5.06. The Balaban J connectivity index is 1.26. The maximum absolute atomic E-state index is 11.9. The Hall–Kier alpha value is -3.26. The number of benzene rings is 1. The van der Waals surface area contributed by atoms with Gasteiger partial charge in [0.25, 0.3) is 0 Å². The molecule has 0 spiro atoms. The molecular weight excluding hydrogens is 366 g/mol. The molecule has 1 aromatic carbocycles. The average Bonchev–Trinajstić information content (AvgIpc) is 3.47. The fourth-order valence-corrected chi connectivity index (χ4v) is 3.04. The first-order valence-corrected chi connectivity index (χ1v) is 9.23. The largest absolute Gasteiger partial charge is 0.456 e. The summed E-state index contributed by atoms with van der Waals surface area (Å²) in [5.74, 6) is 1.52. The molecule has 8 heteroatoms. The molecule has 0 aliphatic heterocycles. The zero-order chi connectivity index (χ0) is 18.5. The predicted octanol–water partition coefficient (Wildman–Crippen LogP) is 4.13. The zero-order valence-corrected chi connectivity index (χ0v) is 15.0. The quantitative estimate of drug-likeness (QED) is 0.445. The van der Waals surface area contributed by atoms with E-state index in [1.807, 2.05) is 47.2 Å². The van der Waals surface area contributed by atoms with Gasteiger partial charge in [-0.25, -0.2) is 4.98 Å². The van der Waals surface area contributed by atoms with E-state index >= 15 is 0 Å². The third-order valence-electron chi connectivity index (χ3n) is 3.76. The molecule has 0 fully saturated rings. The lowest BCUT2D eigenvalue weighted by Gasteiger charge is -2.00. The monoisotopic (exact) mass is 381 g/mol. The number of ether oxygens (including phenoxy) is 1. The van der Waals surface area contributed by atoms with Crippen LogP contribution in [0.1, 0.15) is 18.2 Å². The van der Waals surface area contributed by atoms with Crippen LogP contribution in [0.3, 0.4) is 0 Å². The predicted molar refractivity (Wildman–Crippen MR) is 97.7 cm³/mol. The molecule has 3 heterocycles. The molecular formula is C19H15N3O4S. The molecule has 4 rings (SSSR count). The molecule has 4 aromatic rings. The van der Waals surface area contributed by atoms with E-state index in [0.29, 0.717) is 29.8 Å². The van der Waals surface area contributed by atoms with Gasteiger partial charge in [-0.05, 0) is 11.4 Å². The van der Waals surface area contributed by atoms with Crippen molar-refractivity contribution in [3.8, 4) is 22.7 Å². The second kappa shape index (κ2) is 7.96. The number of carbonyl (C=O) groups excluding carboxylic acids is 1. The molecule has 27 heavy (non-hydrogen) atoms. The Morgan fingerprint density at radius 3 is 2.81 bits per heavy atom. The molecule has 0 atom stereocenters. The van der Waals surface area contributed by atoms with E-state index in [-0.39, 0.29) is 19.0 Å². The van der Waals surface area contributed by atoms with E-state index in [0.717, 1.165) is 11.1 Å². The molecule has 0 saturated carbocycles. The van der Waals surface area contributed by atoms with E-state index in [9.17, 15) is 4.79 Å². The van der Waals surface area contributed by atoms with Crippen LogP contribution in [0, 0.1) is 0 Å². The summed E-state index contributed by atoms with van der Waals surface area (Å²) in [6.07, 6.45) is 2.07. The van der Waals surface area contributed by atoms with E-state index < -0.39 is 0 Å². The van der Waals surface area contributed by atoms with E-state index in [1.54, 1.807) is 17.5 Å². The minimum Gasteiger partial charge on any atom is -0.456 e. The van der Waals surface area contributed by atoms with Crippen LogP contribution in [0.15, 0.2) is 62.3 Å². The van der Waals surface area contributed by atoms with Crippen LogP contribution in [0.2, 0.25) is 0 Å². The van der Waals surface area contributed by atoms with Crippen LogP contribution in [-0.2, 0) is 22.6 Å². The van der Waals surface area contributed by atoms with Crippen molar-refractivity contribution in [1.82, 2.24) is 15.1 Å². The summed E-state index contributed by atoms with van der Waals surface area (Å²) in [7, 11) is 0. The van der Waals surface area contributed by atoms with Crippen LogP contribution in [0.5, 0.6) is 0 Å². The van der Waals surface area contributed by atoms with Gasteiger partial charge in [0.1, 0.15) is 0 Å². The van der Waals surface area contributed by atoms with Crippen molar-refractivity contribution in [2.24, 2.45) is 0 Å². The lowest BCUT2D eigenvalue weighted by molar-refractivity contribution is -0.145. The molecule has 136 valence electrons. The molecule has 0 unspecified atom stereocenters. The second-order valence-corrected chi connectivity index (χ2v) is 6.45. The molecule has 0 aliphatic rings. The smallest absolute Gasteiger partial charge is 0.306 e. The Morgan fingerprint density at radius 2 is 2.00 bits per heavy atom. The first-order valence-electron chi connectivity index (χ1n) is 8.29. The topological polar surface area (TPSA) is 91.2 Å². The molecule has 7 nitrogen and oxygen atoms in total. The number of aryl methyl sites for hydroxylation is 1. The lowest BCUT2D eigenvalue weighted by Crippen LogP contribution is -2.06. The minimum atomic E-state index is -0.384. The Labute approximate surface area is 158 Å². The molecule has 3 aromatic heterocycles. The highest BCUT2D eigenvalue weighted by atomic mass is 32.1. The van der Waals surface area contributed by atoms with Crippen molar-refractivity contribution in [3.63, 3.8) is 0 Å². The minimum absolute atomic E-state index is 0.0182. The Morgan fingerprint density at radius 1 is 1.11 bits per heavy atom. The van der Waals surface area contributed by atoms with Crippen LogP contribution in [0.25, 0.3) is 22.7 Å². The van der Waals surface area contributed by atoms with Gasteiger partial charge in [-0.15, -0.1) is 0 Å². The maximum Gasteiger partial charge on any atom is 0.306 e. The van der Waals surface area contributed by atoms with Gasteiger partial charge in [0.15, 0.2) is 12.4 Å². The fourth-order valence-electron chi connectivity index (χ4n) is 2.40. The standard InChI is InChI=1S/C19H15N3O4S/c23-18(7-6-16-21-19(22-26-16)14-8-9-27-12-14)24-11-17-20-10-15(25-17)13-4-2-1-3-5-13/h1-5,8-10,12H,6-7,11H2. The first-order chi connectivity index (χ1) is 13.3. The molecule has 0 N–H and O–H groups in total. The van der Waals surface area contributed by atoms with E-state index in [2.05, 4.69) is 15.1 Å². The fraction of sp³-hybridized carbons (Fsp3) is 0.158. The van der Waals surface area contributed by atoms with Gasteiger partial charge < -0.3 is 13.7 Å². The second-order valence-electron chi connectivity index (χ2n) is 5.67. The van der Waals surface area contributed by atoms with Crippen LogP contribution < -0.4 is 0 Å². The number of rotatable bonds is 7. The number of esters is 1. The summed E-state index contributed by atoms with van der Waals surface area (Å²) in [5.41, 5.74) is 1.82. The number of aromatic nitrogens is 3. The van der Waals surface area contributed by atoms with Crippen LogP contribution in [0.4, 0.5) is 0 Å². The van der Waals surface area contributed by atoms with E-state index in [4.69, 9.17) is 13.7 Å². The van der Waals surface area contributed by atoms with Crippen molar-refractivity contribution in [1.29, 1.82) is 0 Å². The average molecular weight is 381 g/mol. The molecule has 0 radical (unpaired) electrons. The van der Waals surface area contributed by atoms with Crippen molar-refractivity contribution < 1.29 is 18.5 Å². The molecule has 0 saturated heterocycles. The summed E-state index contributed by atoms with van der Waals surface area (Å²) in [4.78, 5) is 20.3. The van der Waals surface area contributed by atoms with Crippen LogP contribution in [-0.4, -0.2) is 21.1 Å². The molecule has 0 bridgehead atoms. The number of carbonyl (C=O) groups is 1. The van der Waals surface area contributed by atoms with Crippen LogP contribution >= 0.6 is 11.3 Å². The summed E-state index contributed by atoms with van der Waals surface area (Å²) < 4.78 is 16.0. The summed E-state index contributed by atoms with van der Waals surface area (Å²) >= 11 is 1.56. The van der Waals surface area contributed by atoms with Gasteiger partial charge in [-0.1, -0.05) is 35.5 Å². The van der Waals surface area contributed by atoms with Gasteiger partial charge in [0.05, 0.1) is 12.6 Å². The summed E-state index contributed by atoms with van der Waals surface area (Å²) in [6, 6.07) is 11.5. The highest BCUT2D eigenvalue weighted by Crippen LogP contribution is 2.21. The maximum atomic E-state index is 11.9.